The number of anilines is 1. The molecule has 5 atom stereocenters. The Morgan fingerprint density at radius 3 is 2.56 bits per heavy atom. The number of aromatic nitrogens is 1. The number of pyridine rings is 1. The van der Waals surface area contributed by atoms with Crippen LogP contribution in [0.1, 0.15) is 26.2 Å². The Labute approximate surface area is 196 Å². The molecule has 0 bridgehead atoms. The van der Waals surface area contributed by atoms with Crippen molar-refractivity contribution in [1.82, 2.24) is 15.2 Å². The maximum Gasteiger partial charge on any atom is 0.352 e. The highest BCUT2D eigenvalue weighted by Gasteiger charge is 2.62. The Kier molecular flexibility index (Phi) is 5.57. The number of carboxylic acid groups (broad SMARTS) is 1. The van der Waals surface area contributed by atoms with E-state index in [-0.39, 0.29) is 23.6 Å². The Morgan fingerprint density at radius 2 is 1.91 bits per heavy atom. The maximum absolute atomic E-state index is 12.8. The number of benzene rings is 1. The monoisotopic (exact) mass is 462 g/mol. The normalized spacial score (nSPS) is 26.3. The van der Waals surface area contributed by atoms with Gasteiger partial charge in [-0.3, -0.25) is 9.78 Å². The van der Waals surface area contributed by atoms with E-state index in [1.165, 1.54) is 4.90 Å². The van der Waals surface area contributed by atoms with Crippen LogP contribution >= 0.6 is 0 Å². The lowest BCUT2D eigenvalue weighted by Crippen LogP contribution is -2.64. The van der Waals surface area contributed by atoms with E-state index in [1.807, 2.05) is 36.4 Å². The predicted molar refractivity (Wildman–Crippen MR) is 123 cm³/mol. The number of aliphatic hydroxyl groups is 1. The van der Waals surface area contributed by atoms with Gasteiger partial charge in [0.2, 0.25) is 5.91 Å². The van der Waals surface area contributed by atoms with E-state index < -0.39 is 30.1 Å². The summed E-state index contributed by atoms with van der Waals surface area (Å²) in [6.45, 7) is 1.56. The van der Waals surface area contributed by atoms with Crippen LogP contribution in [0.4, 0.5) is 10.5 Å². The predicted octanol–water partition coefficient (Wildman–Crippen LogP) is 2.60. The molecule has 1 unspecified atom stereocenters. The molecule has 3 amide bonds. The van der Waals surface area contributed by atoms with E-state index in [1.54, 1.807) is 19.2 Å². The maximum atomic E-state index is 12.8. The summed E-state index contributed by atoms with van der Waals surface area (Å²) in [6.07, 6.45) is 2.79. The van der Waals surface area contributed by atoms with Crippen molar-refractivity contribution in [2.24, 2.45) is 11.8 Å². The second kappa shape index (κ2) is 8.57. The molecule has 0 spiro atoms. The summed E-state index contributed by atoms with van der Waals surface area (Å²) in [5, 5.41) is 25.6. The molecule has 0 radical (unpaired) electrons. The second-order valence-electron chi connectivity index (χ2n) is 9.06. The highest BCUT2D eigenvalue weighted by molar-refractivity contribution is 6.00. The minimum atomic E-state index is -1.19. The molecule has 9 heteroatoms. The number of nitrogens with one attached hydrogen (secondary N) is 2. The molecule has 9 nitrogen and oxygen atoms in total. The van der Waals surface area contributed by atoms with Gasteiger partial charge < -0.3 is 25.7 Å². The molecule has 1 saturated carbocycles. The molecule has 3 heterocycles. The molecular weight excluding hydrogens is 436 g/mol. The molecule has 2 fully saturated rings. The van der Waals surface area contributed by atoms with Gasteiger partial charge in [0.25, 0.3) is 0 Å². The first-order valence-corrected chi connectivity index (χ1v) is 11.4. The number of nitrogens with zero attached hydrogens (tertiary/aromatic N) is 2. The van der Waals surface area contributed by atoms with Crippen molar-refractivity contribution in [2.75, 3.05) is 5.32 Å². The van der Waals surface area contributed by atoms with Gasteiger partial charge in [-0.1, -0.05) is 36.8 Å². The SMILES string of the molecule is CC(O)[C@H]1C(=O)N2C(C(=O)O)=C3[C@@H](NC(=O)Nc4ccc(-c5ccccc5)nc4)CCC[C@@H]3[C@H]12. The van der Waals surface area contributed by atoms with Crippen LogP contribution in [-0.2, 0) is 9.59 Å². The summed E-state index contributed by atoms with van der Waals surface area (Å²) in [4.78, 5) is 43.2. The molecule has 1 aromatic heterocycles. The molecule has 1 saturated heterocycles. The average Bonchev–Trinajstić information content (AvgIpc) is 3.11. The third kappa shape index (κ3) is 3.62. The first-order valence-electron chi connectivity index (χ1n) is 11.4. The topological polar surface area (TPSA) is 132 Å². The number of β-lactam (4-membered cyclic amide) rings is 1. The quantitative estimate of drug-likeness (QED) is 0.505. The summed E-state index contributed by atoms with van der Waals surface area (Å²) in [7, 11) is 0. The van der Waals surface area contributed by atoms with Gasteiger partial charge in [-0.15, -0.1) is 0 Å². The molecule has 5 rings (SSSR count). The van der Waals surface area contributed by atoms with Crippen molar-refractivity contribution in [1.29, 1.82) is 0 Å². The number of rotatable bonds is 5. The smallest absolute Gasteiger partial charge is 0.352 e. The van der Waals surface area contributed by atoms with Crippen LogP contribution in [0.15, 0.2) is 59.9 Å². The number of carboxylic acids is 1. The third-order valence-corrected chi connectivity index (χ3v) is 7.02. The van der Waals surface area contributed by atoms with Gasteiger partial charge in [0.15, 0.2) is 0 Å². The lowest BCUT2D eigenvalue weighted by molar-refractivity contribution is -0.163. The van der Waals surface area contributed by atoms with E-state index in [2.05, 4.69) is 15.6 Å². The van der Waals surface area contributed by atoms with Crippen LogP contribution in [-0.4, -0.2) is 56.2 Å². The number of hydrogen-bond donors (Lipinski definition) is 4. The van der Waals surface area contributed by atoms with E-state index in [4.69, 9.17) is 0 Å². The first-order chi connectivity index (χ1) is 16.4. The van der Waals surface area contributed by atoms with Gasteiger partial charge >= 0.3 is 12.0 Å². The van der Waals surface area contributed by atoms with Crippen LogP contribution in [0.25, 0.3) is 11.3 Å². The third-order valence-electron chi connectivity index (χ3n) is 7.02. The molecule has 3 aliphatic rings. The fraction of sp³-hybridized carbons (Fsp3) is 0.360. The molecule has 2 aliphatic heterocycles. The van der Waals surface area contributed by atoms with Crippen LogP contribution in [0.3, 0.4) is 0 Å². The van der Waals surface area contributed by atoms with Crippen LogP contribution < -0.4 is 10.6 Å². The minimum absolute atomic E-state index is 0.0456. The van der Waals surface area contributed by atoms with Gasteiger partial charge in [0, 0.05) is 11.5 Å². The Hall–Kier alpha value is -3.72. The number of aliphatic carboxylic acids is 1. The van der Waals surface area contributed by atoms with Crippen molar-refractivity contribution in [2.45, 2.75) is 44.4 Å². The summed E-state index contributed by atoms with van der Waals surface area (Å²) >= 11 is 0. The highest BCUT2D eigenvalue weighted by Crippen LogP contribution is 2.52. The average molecular weight is 463 g/mol. The number of carbonyl (C=O) groups excluding carboxylic acids is 2. The van der Waals surface area contributed by atoms with Gasteiger partial charge in [-0.05, 0) is 37.5 Å². The van der Waals surface area contributed by atoms with Crippen molar-refractivity contribution < 1.29 is 24.6 Å². The van der Waals surface area contributed by atoms with Crippen molar-refractivity contribution >= 4 is 23.6 Å². The zero-order valence-corrected chi connectivity index (χ0v) is 18.6. The molecule has 1 aliphatic carbocycles. The summed E-state index contributed by atoms with van der Waals surface area (Å²) in [5.41, 5.74) is 2.79. The fourth-order valence-electron chi connectivity index (χ4n) is 5.61. The van der Waals surface area contributed by atoms with E-state index in [9.17, 15) is 24.6 Å². The Bertz CT molecular complexity index is 1160. The molecule has 4 N–H and O–H groups in total. The van der Waals surface area contributed by atoms with Crippen molar-refractivity contribution in [3.63, 3.8) is 0 Å². The van der Waals surface area contributed by atoms with Crippen molar-refractivity contribution in [3.8, 4) is 11.3 Å². The first kappa shape index (κ1) is 22.1. The number of carbonyl (C=O) groups is 3. The molecular formula is C25H26N4O5. The molecule has 2 aromatic rings. The zero-order valence-electron chi connectivity index (χ0n) is 18.6. The summed E-state index contributed by atoms with van der Waals surface area (Å²) in [5.74, 6) is -2.35. The van der Waals surface area contributed by atoms with E-state index >= 15 is 0 Å². The number of fused-ring (bicyclic) bond motifs is 3. The van der Waals surface area contributed by atoms with Gasteiger partial charge in [-0.2, -0.15) is 0 Å². The lowest BCUT2D eigenvalue weighted by atomic mass is 9.71. The fourth-order valence-corrected chi connectivity index (χ4v) is 5.61. The summed E-state index contributed by atoms with van der Waals surface area (Å²) in [6, 6.07) is 11.9. The van der Waals surface area contributed by atoms with E-state index in [0.717, 1.165) is 17.7 Å². The van der Waals surface area contributed by atoms with Crippen molar-refractivity contribution in [3.05, 3.63) is 59.9 Å². The van der Waals surface area contributed by atoms with Crippen LogP contribution in [0.2, 0.25) is 0 Å². The number of aliphatic hydroxyl groups excluding tert-OH is 1. The lowest BCUT2D eigenvalue weighted by Gasteiger charge is -2.47. The second-order valence-corrected chi connectivity index (χ2v) is 9.06. The van der Waals surface area contributed by atoms with Crippen LogP contribution in [0, 0.1) is 11.8 Å². The molecule has 34 heavy (non-hydrogen) atoms. The number of urea groups is 1. The zero-order chi connectivity index (χ0) is 24.0. The molecule has 176 valence electrons. The van der Waals surface area contributed by atoms with Crippen LogP contribution in [0.5, 0.6) is 0 Å². The Morgan fingerprint density at radius 1 is 1.15 bits per heavy atom. The van der Waals surface area contributed by atoms with Gasteiger partial charge in [0.1, 0.15) is 5.70 Å². The summed E-state index contributed by atoms with van der Waals surface area (Å²) < 4.78 is 0. The van der Waals surface area contributed by atoms with Gasteiger partial charge in [0.05, 0.1) is 41.7 Å². The number of amides is 3. The highest BCUT2D eigenvalue weighted by atomic mass is 16.4. The number of hydrogen-bond acceptors (Lipinski definition) is 5. The Balaban J connectivity index is 1.32. The van der Waals surface area contributed by atoms with E-state index in [0.29, 0.717) is 24.1 Å². The standard InChI is InChI=1S/C25H26N4O5/c1-13(30)19-21-16-8-5-9-18(20(16)22(24(32)33)29(21)23(19)31)28-25(34)27-15-10-11-17(26-12-15)14-6-3-2-4-7-14/h2-4,6-7,10-13,16,18-19,21,30H,5,8-9H2,1H3,(H,32,33)(H2,27,28,34)/t13?,16-,18-,19+,21+/m0/s1. The molecule has 1 aromatic carbocycles. The van der Waals surface area contributed by atoms with Gasteiger partial charge in [-0.25, -0.2) is 9.59 Å². The minimum Gasteiger partial charge on any atom is -0.477 e. The largest absolute Gasteiger partial charge is 0.477 e.